The molecule has 0 aromatic heterocycles. The standard InChI is InChI=1S/C10H9ClN2O3S/c1-7(11)6-13-10(14)12-8-4-2-3-5-9(8)17(13,15)16/h2-5H,1,6H2,(H,12,14). The highest BCUT2D eigenvalue weighted by Gasteiger charge is 2.36. The second-order valence-electron chi connectivity index (χ2n) is 3.46. The number of benzene rings is 1. The maximum atomic E-state index is 12.1. The van der Waals surface area contributed by atoms with E-state index in [0.29, 0.717) is 4.31 Å². The lowest BCUT2D eigenvalue weighted by Crippen LogP contribution is -2.44. The van der Waals surface area contributed by atoms with E-state index in [1.54, 1.807) is 12.1 Å². The first kappa shape index (κ1) is 11.9. The third kappa shape index (κ3) is 2.01. The lowest BCUT2D eigenvalue weighted by Gasteiger charge is -2.28. The van der Waals surface area contributed by atoms with E-state index in [0.717, 1.165) is 0 Å². The normalized spacial score (nSPS) is 17.2. The molecule has 0 unspecified atom stereocenters. The molecule has 1 aliphatic rings. The summed E-state index contributed by atoms with van der Waals surface area (Å²) in [6.45, 7) is 3.14. The summed E-state index contributed by atoms with van der Waals surface area (Å²) in [7, 11) is -3.85. The SMILES string of the molecule is C=C(Cl)CN1C(=O)Nc2ccccc2S1(=O)=O. The molecule has 0 atom stereocenters. The number of hydrogen-bond acceptors (Lipinski definition) is 3. The van der Waals surface area contributed by atoms with Crippen molar-refractivity contribution < 1.29 is 13.2 Å². The lowest BCUT2D eigenvalue weighted by molar-refractivity contribution is 0.237. The molecular weight excluding hydrogens is 264 g/mol. The number of carbonyl (C=O) groups is 1. The number of amides is 2. The predicted octanol–water partition coefficient (Wildman–Crippen LogP) is 1.98. The molecule has 0 saturated carbocycles. The van der Waals surface area contributed by atoms with Gasteiger partial charge in [-0.2, -0.15) is 0 Å². The molecule has 0 radical (unpaired) electrons. The van der Waals surface area contributed by atoms with Gasteiger partial charge in [-0.3, -0.25) is 0 Å². The van der Waals surface area contributed by atoms with Crippen LogP contribution in [-0.2, 0) is 10.0 Å². The van der Waals surface area contributed by atoms with E-state index in [9.17, 15) is 13.2 Å². The highest BCUT2D eigenvalue weighted by Crippen LogP contribution is 2.30. The highest BCUT2D eigenvalue weighted by molar-refractivity contribution is 7.90. The van der Waals surface area contributed by atoms with Crippen LogP contribution in [0, 0.1) is 0 Å². The number of nitrogens with one attached hydrogen (secondary N) is 1. The maximum Gasteiger partial charge on any atom is 0.336 e. The number of carbonyl (C=O) groups excluding carboxylic acids is 1. The third-order valence-electron chi connectivity index (χ3n) is 2.24. The van der Waals surface area contributed by atoms with Crippen LogP contribution in [0.4, 0.5) is 10.5 Å². The summed E-state index contributed by atoms with van der Waals surface area (Å²) in [5.41, 5.74) is 0.272. The van der Waals surface area contributed by atoms with Crippen molar-refractivity contribution in [2.45, 2.75) is 4.90 Å². The number of para-hydroxylation sites is 1. The fourth-order valence-corrected chi connectivity index (χ4v) is 3.18. The molecule has 90 valence electrons. The molecule has 1 aromatic carbocycles. The van der Waals surface area contributed by atoms with Crippen LogP contribution in [0.25, 0.3) is 0 Å². The molecule has 1 heterocycles. The molecule has 0 bridgehead atoms. The quantitative estimate of drug-likeness (QED) is 0.895. The first-order chi connectivity index (χ1) is 7.93. The topological polar surface area (TPSA) is 66.5 Å². The van der Waals surface area contributed by atoms with Gasteiger partial charge in [-0.1, -0.05) is 30.3 Å². The average Bonchev–Trinajstić information content (AvgIpc) is 2.24. The second kappa shape index (κ2) is 4.05. The fourth-order valence-electron chi connectivity index (χ4n) is 1.51. The van der Waals surface area contributed by atoms with Gasteiger partial charge in [0, 0.05) is 5.03 Å². The van der Waals surface area contributed by atoms with Crippen molar-refractivity contribution in [3.8, 4) is 0 Å². The van der Waals surface area contributed by atoms with Gasteiger partial charge in [-0.25, -0.2) is 17.5 Å². The van der Waals surface area contributed by atoms with Gasteiger partial charge < -0.3 is 5.32 Å². The Morgan fingerprint density at radius 1 is 1.41 bits per heavy atom. The number of hydrogen-bond donors (Lipinski definition) is 1. The van der Waals surface area contributed by atoms with Gasteiger partial charge in [-0.15, -0.1) is 0 Å². The van der Waals surface area contributed by atoms with E-state index in [1.165, 1.54) is 12.1 Å². The van der Waals surface area contributed by atoms with Gasteiger partial charge in [0.05, 0.1) is 12.2 Å². The molecule has 2 rings (SSSR count). The number of sulfonamides is 1. The number of halogens is 1. The Bertz CT molecular complexity index is 597. The fraction of sp³-hybridized carbons (Fsp3) is 0.100. The Balaban J connectivity index is 2.55. The van der Waals surface area contributed by atoms with E-state index < -0.39 is 16.1 Å². The monoisotopic (exact) mass is 272 g/mol. The summed E-state index contributed by atoms with van der Waals surface area (Å²) in [6, 6.07) is 5.45. The molecule has 7 heteroatoms. The molecule has 0 spiro atoms. The van der Waals surface area contributed by atoms with Gasteiger partial charge in [0.15, 0.2) is 0 Å². The van der Waals surface area contributed by atoms with Crippen LogP contribution in [0.1, 0.15) is 0 Å². The summed E-state index contributed by atoms with van der Waals surface area (Å²) >= 11 is 5.55. The Morgan fingerprint density at radius 3 is 2.71 bits per heavy atom. The van der Waals surface area contributed by atoms with E-state index in [4.69, 9.17) is 11.6 Å². The van der Waals surface area contributed by atoms with E-state index in [1.807, 2.05) is 0 Å². The molecule has 0 aliphatic carbocycles. The first-order valence-electron chi connectivity index (χ1n) is 4.69. The van der Waals surface area contributed by atoms with Crippen LogP contribution >= 0.6 is 11.6 Å². The Labute approximate surface area is 104 Å². The van der Waals surface area contributed by atoms with Crippen molar-refractivity contribution >= 4 is 33.3 Å². The average molecular weight is 273 g/mol. The molecule has 2 amide bonds. The maximum absolute atomic E-state index is 12.1. The summed E-state index contributed by atoms with van der Waals surface area (Å²) in [5, 5.41) is 2.55. The summed E-state index contributed by atoms with van der Waals surface area (Å²) in [6.07, 6.45) is 0. The highest BCUT2D eigenvalue weighted by atomic mass is 35.5. The number of urea groups is 1. The zero-order valence-electron chi connectivity index (χ0n) is 8.68. The van der Waals surface area contributed by atoms with Crippen molar-refractivity contribution in [2.75, 3.05) is 11.9 Å². The molecular formula is C10H9ClN2O3S. The Hall–Kier alpha value is -1.53. The molecule has 0 fully saturated rings. The van der Waals surface area contributed by atoms with E-state index >= 15 is 0 Å². The summed E-state index contributed by atoms with van der Waals surface area (Å²) < 4.78 is 24.9. The minimum Gasteiger partial charge on any atom is -0.306 e. The van der Waals surface area contributed by atoms with Crippen LogP contribution in [0.2, 0.25) is 0 Å². The van der Waals surface area contributed by atoms with Crippen LogP contribution in [0.5, 0.6) is 0 Å². The van der Waals surface area contributed by atoms with Crippen LogP contribution in [-0.4, -0.2) is 25.3 Å². The zero-order chi connectivity index (χ0) is 12.6. The Morgan fingerprint density at radius 2 is 2.06 bits per heavy atom. The van der Waals surface area contributed by atoms with Crippen LogP contribution in [0.15, 0.2) is 40.8 Å². The van der Waals surface area contributed by atoms with E-state index in [-0.39, 0.29) is 22.2 Å². The lowest BCUT2D eigenvalue weighted by atomic mass is 10.3. The molecule has 5 nitrogen and oxygen atoms in total. The number of rotatable bonds is 2. The van der Waals surface area contributed by atoms with Crippen molar-refractivity contribution in [3.05, 3.63) is 35.9 Å². The molecule has 17 heavy (non-hydrogen) atoms. The van der Waals surface area contributed by atoms with Gasteiger partial charge in [0.1, 0.15) is 4.90 Å². The summed E-state index contributed by atoms with van der Waals surface area (Å²) in [4.78, 5) is 11.7. The van der Waals surface area contributed by atoms with Crippen molar-refractivity contribution in [1.29, 1.82) is 0 Å². The van der Waals surface area contributed by atoms with Crippen molar-refractivity contribution in [1.82, 2.24) is 4.31 Å². The van der Waals surface area contributed by atoms with Crippen molar-refractivity contribution in [2.24, 2.45) is 0 Å². The van der Waals surface area contributed by atoms with Gasteiger partial charge in [0.25, 0.3) is 10.0 Å². The minimum atomic E-state index is -3.85. The van der Waals surface area contributed by atoms with Gasteiger partial charge >= 0.3 is 6.03 Å². The largest absolute Gasteiger partial charge is 0.336 e. The molecule has 1 N–H and O–H groups in total. The number of anilines is 1. The third-order valence-corrected chi connectivity index (χ3v) is 4.14. The smallest absolute Gasteiger partial charge is 0.306 e. The molecule has 1 aromatic rings. The zero-order valence-corrected chi connectivity index (χ0v) is 10.3. The van der Waals surface area contributed by atoms with Crippen molar-refractivity contribution in [3.63, 3.8) is 0 Å². The second-order valence-corrected chi connectivity index (χ2v) is 5.82. The van der Waals surface area contributed by atoms with Gasteiger partial charge in [-0.05, 0) is 12.1 Å². The first-order valence-corrected chi connectivity index (χ1v) is 6.51. The van der Waals surface area contributed by atoms with E-state index in [2.05, 4.69) is 11.9 Å². The number of nitrogens with zero attached hydrogens (tertiary/aromatic N) is 1. The predicted molar refractivity (Wildman–Crippen MR) is 64.3 cm³/mol. The molecule has 1 aliphatic heterocycles. The van der Waals surface area contributed by atoms with Gasteiger partial charge in [0.2, 0.25) is 0 Å². The van der Waals surface area contributed by atoms with Crippen LogP contribution < -0.4 is 5.32 Å². The molecule has 0 saturated heterocycles. The minimum absolute atomic E-state index is 0.0533. The Kier molecular flexibility index (Phi) is 2.84. The summed E-state index contributed by atoms with van der Waals surface area (Å²) in [5.74, 6) is 0. The van der Waals surface area contributed by atoms with Crippen LogP contribution in [0.3, 0.4) is 0 Å². The number of fused-ring (bicyclic) bond motifs is 1.